The molecule has 1 heterocycles. The predicted molar refractivity (Wildman–Crippen MR) is 70.6 cm³/mol. The SMILES string of the molecule is CN(Cc1cccnc1NN)c1cccc(F)c1. The second kappa shape index (κ2) is 5.46. The van der Waals surface area contributed by atoms with E-state index in [2.05, 4.69) is 10.4 Å². The lowest BCUT2D eigenvalue weighted by Gasteiger charge is -2.20. The smallest absolute Gasteiger partial charge is 0.144 e. The molecule has 4 nitrogen and oxygen atoms in total. The molecular weight excluding hydrogens is 231 g/mol. The molecular formula is C13H15FN4. The van der Waals surface area contributed by atoms with Gasteiger partial charge in [-0.2, -0.15) is 0 Å². The van der Waals surface area contributed by atoms with Crippen LogP contribution >= 0.6 is 0 Å². The topological polar surface area (TPSA) is 54.2 Å². The van der Waals surface area contributed by atoms with Crippen LogP contribution in [-0.4, -0.2) is 12.0 Å². The lowest BCUT2D eigenvalue weighted by Crippen LogP contribution is -2.19. The second-order valence-corrected chi connectivity index (χ2v) is 3.99. The molecule has 0 radical (unpaired) electrons. The molecule has 0 saturated carbocycles. The van der Waals surface area contributed by atoms with Crippen LogP contribution in [0.4, 0.5) is 15.9 Å². The van der Waals surface area contributed by atoms with Gasteiger partial charge in [0.05, 0.1) is 0 Å². The van der Waals surface area contributed by atoms with Crippen LogP contribution in [0.25, 0.3) is 0 Å². The number of rotatable bonds is 4. The van der Waals surface area contributed by atoms with Crippen molar-refractivity contribution in [2.45, 2.75) is 6.54 Å². The van der Waals surface area contributed by atoms with Crippen molar-refractivity contribution in [1.82, 2.24) is 4.98 Å². The van der Waals surface area contributed by atoms with E-state index in [1.807, 2.05) is 30.1 Å². The summed E-state index contributed by atoms with van der Waals surface area (Å²) < 4.78 is 13.1. The van der Waals surface area contributed by atoms with Crippen LogP contribution in [0, 0.1) is 5.82 Å². The molecule has 94 valence electrons. The Morgan fingerprint density at radius 3 is 2.89 bits per heavy atom. The molecule has 0 aliphatic carbocycles. The lowest BCUT2D eigenvalue weighted by molar-refractivity contribution is 0.627. The molecule has 0 atom stereocenters. The third-order valence-electron chi connectivity index (χ3n) is 2.68. The molecule has 0 unspecified atom stereocenters. The predicted octanol–water partition coefficient (Wildman–Crippen LogP) is 2.14. The molecule has 0 spiro atoms. The number of hydrogen-bond donors (Lipinski definition) is 2. The summed E-state index contributed by atoms with van der Waals surface area (Å²) in [5, 5.41) is 0. The van der Waals surface area contributed by atoms with Crippen LogP contribution in [0.3, 0.4) is 0 Å². The number of nitrogen functional groups attached to an aromatic ring is 1. The number of nitrogens with one attached hydrogen (secondary N) is 1. The summed E-state index contributed by atoms with van der Waals surface area (Å²) in [6.07, 6.45) is 1.67. The average Bonchev–Trinajstić information content (AvgIpc) is 2.39. The van der Waals surface area contributed by atoms with Crippen molar-refractivity contribution in [1.29, 1.82) is 0 Å². The molecule has 0 saturated heterocycles. The summed E-state index contributed by atoms with van der Waals surface area (Å²) in [5.74, 6) is 5.78. The first kappa shape index (κ1) is 12.3. The number of nitrogens with zero attached hydrogens (tertiary/aromatic N) is 2. The van der Waals surface area contributed by atoms with Gasteiger partial charge in [0.25, 0.3) is 0 Å². The zero-order chi connectivity index (χ0) is 13.0. The Labute approximate surface area is 105 Å². The molecule has 0 aliphatic rings. The summed E-state index contributed by atoms with van der Waals surface area (Å²) in [6, 6.07) is 10.2. The van der Waals surface area contributed by atoms with E-state index in [-0.39, 0.29) is 5.82 Å². The summed E-state index contributed by atoms with van der Waals surface area (Å²) in [7, 11) is 1.89. The third kappa shape index (κ3) is 2.75. The highest BCUT2D eigenvalue weighted by atomic mass is 19.1. The number of hydrazine groups is 1. The number of aromatic nitrogens is 1. The molecule has 0 aliphatic heterocycles. The Kier molecular flexibility index (Phi) is 3.74. The fourth-order valence-corrected chi connectivity index (χ4v) is 1.76. The highest BCUT2D eigenvalue weighted by Crippen LogP contribution is 2.19. The molecule has 2 rings (SSSR count). The van der Waals surface area contributed by atoms with Crippen molar-refractivity contribution < 1.29 is 4.39 Å². The van der Waals surface area contributed by atoms with Gasteiger partial charge in [0.1, 0.15) is 11.6 Å². The van der Waals surface area contributed by atoms with Gasteiger partial charge in [-0.3, -0.25) is 0 Å². The molecule has 5 heteroatoms. The van der Waals surface area contributed by atoms with Crippen LogP contribution in [-0.2, 0) is 6.54 Å². The van der Waals surface area contributed by atoms with E-state index < -0.39 is 0 Å². The minimum Gasteiger partial charge on any atom is -0.370 e. The maximum absolute atomic E-state index is 13.1. The average molecular weight is 246 g/mol. The van der Waals surface area contributed by atoms with Gasteiger partial charge in [0, 0.05) is 31.0 Å². The summed E-state index contributed by atoms with van der Waals surface area (Å²) in [4.78, 5) is 6.06. The first-order chi connectivity index (χ1) is 8.70. The molecule has 2 aromatic rings. The summed E-state index contributed by atoms with van der Waals surface area (Å²) in [5.41, 5.74) is 4.31. The van der Waals surface area contributed by atoms with Crippen LogP contribution in [0.5, 0.6) is 0 Å². The molecule has 18 heavy (non-hydrogen) atoms. The third-order valence-corrected chi connectivity index (χ3v) is 2.68. The van der Waals surface area contributed by atoms with Gasteiger partial charge in [0.15, 0.2) is 0 Å². The van der Waals surface area contributed by atoms with Gasteiger partial charge in [0.2, 0.25) is 0 Å². The fraction of sp³-hybridized carbons (Fsp3) is 0.154. The minimum atomic E-state index is -0.247. The Balaban J connectivity index is 2.18. The van der Waals surface area contributed by atoms with Crippen LogP contribution < -0.4 is 16.2 Å². The monoisotopic (exact) mass is 246 g/mol. The zero-order valence-corrected chi connectivity index (χ0v) is 10.1. The van der Waals surface area contributed by atoms with Crippen molar-refractivity contribution >= 4 is 11.5 Å². The van der Waals surface area contributed by atoms with Gasteiger partial charge in [-0.25, -0.2) is 15.2 Å². The first-order valence-electron chi connectivity index (χ1n) is 5.58. The van der Waals surface area contributed by atoms with E-state index in [9.17, 15) is 4.39 Å². The Morgan fingerprint density at radius 2 is 2.17 bits per heavy atom. The second-order valence-electron chi connectivity index (χ2n) is 3.99. The molecule has 0 bridgehead atoms. The van der Waals surface area contributed by atoms with Crippen LogP contribution in [0.1, 0.15) is 5.56 Å². The Hall–Kier alpha value is -2.14. The first-order valence-corrected chi connectivity index (χ1v) is 5.58. The van der Waals surface area contributed by atoms with E-state index in [4.69, 9.17) is 5.84 Å². The van der Waals surface area contributed by atoms with E-state index in [0.29, 0.717) is 12.4 Å². The standard InChI is InChI=1S/C13H15FN4/c1-18(12-6-2-5-11(14)8-12)9-10-4-3-7-16-13(10)17-15/h2-8H,9,15H2,1H3,(H,16,17). The molecule has 0 fully saturated rings. The van der Waals surface area contributed by atoms with Crippen molar-refractivity contribution in [2.24, 2.45) is 5.84 Å². The number of hydrogen-bond acceptors (Lipinski definition) is 4. The zero-order valence-electron chi connectivity index (χ0n) is 10.1. The Morgan fingerprint density at radius 1 is 1.33 bits per heavy atom. The summed E-state index contributed by atoms with van der Waals surface area (Å²) >= 11 is 0. The Bertz CT molecular complexity index is 530. The quantitative estimate of drug-likeness (QED) is 0.641. The largest absolute Gasteiger partial charge is 0.370 e. The fourth-order valence-electron chi connectivity index (χ4n) is 1.76. The molecule has 1 aromatic heterocycles. The highest BCUT2D eigenvalue weighted by molar-refractivity contribution is 5.50. The van der Waals surface area contributed by atoms with Crippen molar-refractivity contribution in [3.63, 3.8) is 0 Å². The van der Waals surface area contributed by atoms with Gasteiger partial charge in [-0.1, -0.05) is 12.1 Å². The molecule has 0 amide bonds. The van der Waals surface area contributed by atoms with Gasteiger partial charge >= 0.3 is 0 Å². The van der Waals surface area contributed by atoms with Crippen molar-refractivity contribution in [2.75, 3.05) is 17.4 Å². The minimum absolute atomic E-state index is 0.247. The summed E-state index contributed by atoms with van der Waals surface area (Å²) in [6.45, 7) is 0.594. The maximum atomic E-state index is 13.1. The molecule has 1 aromatic carbocycles. The van der Waals surface area contributed by atoms with Gasteiger partial charge < -0.3 is 10.3 Å². The number of nitrogens with two attached hydrogens (primary N) is 1. The van der Waals surface area contributed by atoms with Crippen molar-refractivity contribution in [3.05, 3.63) is 54.0 Å². The van der Waals surface area contributed by atoms with E-state index in [0.717, 1.165) is 11.3 Å². The molecule has 3 N–H and O–H groups in total. The van der Waals surface area contributed by atoms with Crippen LogP contribution in [0.2, 0.25) is 0 Å². The number of halogens is 1. The van der Waals surface area contributed by atoms with Crippen LogP contribution in [0.15, 0.2) is 42.6 Å². The van der Waals surface area contributed by atoms with Gasteiger partial charge in [-0.15, -0.1) is 0 Å². The number of anilines is 2. The normalized spacial score (nSPS) is 10.2. The number of pyridine rings is 1. The lowest BCUT2D eigenvalue weighted by atomic mass is 10.2. The number of benzene rings is 1. The van der Waals surface area contributed by atoms with E-state index in [1.165, 1.54) is 12.1 Å². The highest BCUT2D eigenvalue weighted by Gasteiger charge is 2.07. The van der Waals surface area contributed by atoms with Gasteiger partial charge in [-0.05, 0) is 24.3 Å². The van der Waals surface area contributed by atoms with Crippen molar-refractivity contribution in [3.8, 4) is 0 Å². The van der Waals surface area contributed by atoms with E-state index >= 15 is 0 Å². The maximum Gasteiger partial charge on any atom is 0.144 e. The van der Waals surface area contributed by atoms with E-state index in [1.54, 1.807) is 12.3 Å².